The Bertz CT molecular complexity index is 553. The fraction of sp³-hybridized carbons (Fsp3) is 0.529. The maximum Gasteiger partial charge on any atom is 0.263 e. The molecule has 1 saturated heterocycles. The number of piperidine rings is 1. The van der Waals surface area contributed by atoms with E-state index in [0.717, 1.165) is 0 Å². The molecule has 1 aromatic carbocycles. The topological polar surface area (TPSA) is 81.9 Å². The number of methoxy groups -OCH3 is 1. The molecule has 2 amide bonds. The van der Waals surface area contributed by atoms with Crippen LogP contribution >= 0.6 is 0 Å². The number of amides is 2. The summed E-state index contributed by atoms with van der Waals surface area (Å²) in [6.07, 6.45) is 1.28. The average Bonchev–Trinajstić information content (AvgIpc) is 2.59. The van der Waals surface area contributed by atoms with E-state index in [4.69, 9.17) is 15.2 Å². The second-order valence-electron chi connectivity index (χ2n) is 5.70. The number of rotatable bonds is 6. The van der Waals surface area contributed by atoms with Gasteiger partial charge in [0.05, 0.1) is 7.11 Å². The minimum absolute atomic E-state index is 0.0433. The summed E-state index contributed by atoms with van der Waals surface area (Å²) in [4.78, 5) is 25.6. The van der Waals surface area contributed by atoms with Crippen molar-refractivity contribution in [1.82, 2.24) is 4.90 Å². The van der Waals surface area contributed by atoms with E-state index in [1.807, 2.05) is 19.1 Å². The number of carbonyl (C=O) groups excluding carboxylic acids is 2. The largest absolute Gasteiger partial charge is 0.497 e. The normalized spacial score (nSPS) is 16.7. The second kappa shape index (κ2) is 7.85. The molecular weight excluding hydrogens is 296 g/mol. The Kier molecular flexibility index (Phi) is 5.84. The first kappa shape index (κ1) is 17.1. The van der Waals surface area contributed by atoms with Crippen molar-refractivity contribution in [1.29, 1.82) is 0 Å². The Balaban J connectivity index is 1.97. The first-order valence-corrected chi connectivity index (χ1v) is 7.94. The lowest BCUT2D eigenvalue weighted by atomic mass is 9.96. The van der Waals surface area contributed by atoms with E-state index >= 15 is 0 Å². The molecule has 1 aliphatic heterocycles. The van der Waals surface area contributed by atoms with Crippen LogP contribution in [-0.4, -0.2) is 43.0 Å². The first-order chi connectivity index (χ1) is 11.0. The number of nitrogens with two attached hydrogens (primary N) is 1. The average molecular weight is 320 g/mol. The van der Waals surface area contributed by atoms with Crippen LogP contribution in [0.15, 0.2) is 24.3 Å². The third kappa shape index (κ3) is 4.37. The Morgan fingerprint density at radius 2 is 1.96 bits per heavy atom. The summed E-state index contributed by atoms with van der Waals surface area (Å²) in [6, 6.07) is 7.21. The molecule has 1 aliphatic rings. The Morgan fingerprint density at radius 1 is 1.30 bits per heavy atom. The van der Waals surface area contributed by atoms with Gasteiger partial charge in [-0.1, -0.05) is 13.0 Å². The molecule has 0 aliphatic carbocycles. The molecule has 0 bridgehead atoms. The highest BCUT2D eigenvalue weighted by Gasteiger charge is 2.30. The molecule has 0 spiro atoms. The van der Waals surface area contributed by atoms with Crippen molar-refractivity contribution in [3.63, 3.8) is 0 Å². The van der Waals surface area contributed by atoms with Crippen molar-refractivity contribution >= 4 is 11.8 Å². The third-order valence-corrected chi connectivity index (χ3v) is 4.17. The van der Waals surface area contributed by atoms with E-state index in [1.54, 1.807) is 24.1 Å². The fourth-order valence-electron chi connectivity index (χ4n) is 2.74. The predicted octanol–water partition coefficient (Wildman–Crippen LogP) is 1.58. The predicted molar refractivity (Wildman–Crippen MR) is 86.2 cm³/mol. The van der Waals surface area contributed by atoms with Gasteiger partial charge in [-0.25, -0.2) is 0 Å². The minimum Gasteiger partial charge on any atom is -0.497 e. The van der Waals surface area contributed by atoms with Gasteiger partial charge in [0, 0.05) is 25.1 Å². The van der Waals surface area contributed by atoms with Crippen molar-refractivity contribution in [3.05, 3.63) is 24.3 Å². The van der Waals surface area contributed by atoms with Gasteiger partial charge in [-0.05, 0) is 31.4 Å². The van der Waals surface area contributed by atoms with E-state index in [2.05, 4.69) is 0 Å². The summed E-state index contributed by atoms with van der Waals surface area (Å²) in [5.41, 5.74) is 5.33. The molecule has 2 N–H and O–H groups in total. The summed E-state index contributed by atoms with van der Waals surface area (Å²) >= 11 is 0. The highest BCUT2D eigenvalue weighted by atomic mass is 16.5. The van der Waals surface area contributed by atoms with E-state index in [1.165, 1.54) is 0 Å². The minimum atomic E-state index is -0.535. The molecule has 23 heavy (non-hydrogen) atoms. The lowest BCUT2D eigenvalue weighted by Crippen LogP contribution is -2.47. The van der Waals surface area contributed by atoms with Crippen molar-refractivity contribution in [2.45, 2.75) is 32.3 Å². The molecule has 0 saturated carbocycles. The maximum atomic E-state index is 12.6. The van der Waals surface area contributed by atoms with Gasteiger partial charge in [0.15, 0.2) is 6.10 Å². The molecule has 6 nitrogen and oxygen atoms in total. The van der Waals surface area contributed by atoms with Crippen LogP contribution in [-0.2, 0) is 9.59 Å². The number of ether oxygens (including phenoxy) is 2. The molecule has 0 aromatic heterocycles. The van der Waals surface area contributed by atoms with Crippen molar-refractivity contribution in [2.75, 3.05) is 20.2 Å². The van der Waals surface area contributed by atoms with Gasteiger partial charge in [-0.2, -0.15) is 0 Å². The number of likely N-dealkylation sites (tertiary alicyclic amines) is 1. The Labute approximate surface area is 136 Å². The quantitative estimate of drug-likeness (QED) is 0.862. The van der Waals surface area contributed by atoms with Crippen LogP contribution in [0.25, 0.3) is 0 Å². The Morgan fingerprint density at radius 3 is 2.52 bits per heavy atom. The molecule has 1 heterocycles. The van der Waals surface area contributed by atoms with Gasteiger partial charge >= 0.3 is 0 Å². The smallest absolute Gasteiger partial charge is 0.263 e. The van der Waals surface area contributed by atoms with E-state index < -0.39 is 6.10 Å². The standard InChI is InChI=1S/C17H24N2O4/c1-3-15(23-14-6-4-5-13(11-14)22-2)17(21)19-9-7-12(8-10-19)16(18)20/h4-6,11-12,15H,3,7-10H2,1-2H3,(H2,18,20)/t15-/m0/s1. The number of nitrogens with zero attached hydrogens (tertiary/aromatic N) is 1. The summed E-state index contributed by atoms with van der Waals surface area (Å²) < 4.78 is 11.0. The van der Waals surface area contributed by atoms with E-state index in [-0.39, 0.29) is 17.7 Å². The molecule has 6 heteroatoms. The summed E-state index contributed by atoms with van der Waals surface area (Å²) in [5, 5.41) is 0. The maximum absolute atomic E-state index is 12.6. The van der Waals surface area contributed by atoms with Gasteiger partial charge in [-0.3, -0.25) is 9.59 Å². The molecule has 1 fully saturated rings. The van der Waals surface area contributed by atoms with E-state index in [9.17, 15) is 9.59 Å². The zero-order chi connectivity index (χ0) is 16.8. The van der Waals surface area contributed by atoms with Crippen molar-refractivity contribution in [2.24, 2.45) is 11.7 Å². The van der Waals surface area contributed by atoms with Crippen LogP contribution in [0.3, 0.4) is 0 Å². The molecular formula is C17H24N2O4. The zero-order valence-corrected chi connectivity index (χ0v) is 13.7. The van der Waals surface area contributed by atoms with Crippen molar-refractivity contribution in [3.8, 4) is 11.5 Å². The fourth-order valence-corrected chi connectivity index (χ4v) is 2.74. The molecule has 2 rings (SSSR count). The summed E-state index contributed by atoms with van der Waals surface area (Å²) in [7, 11) is 1.59. The Hall–Kier alpha value is -2.24. The van der Waals surface area contributed by atoms with Crippen molar-refractivity contribution < 1.29 is 19.1 Å². The summed E-state index contributed by atoms with van der Waals surface area (Å²) in [5.74, 6) is 0.845. The second-order valence-corrected chi connectivity index (χ2v) is 5.70. The van der Waals surface area contributed by atoms with Gasteiger partial charge in [0.25, 0.3) is 5.91 Å². The SMILES string of the molecule is CC[C@H](Oc1cccc(OC)c1)C(=O)N1CCC(C(N)=O)CC1. The van der Waals surface area contributed by atoms with E-state index in [0.29, 0.717) is 43.9 Å². The molecule has 0 unspecified atom stereocenters. The number of primary amides is 1. The van der Waals surface area contributed by atoms with Crippen LogP contribution in [0.1, 0.15) is 26.2 Å². The molecule has 126 valence electrons. The lowest BCUT2D eigenvalue weighted by molar-refractivity contribution is -0.141. The highest BCUT2D eigenvalue weighted by molar-refractivity contribution is 5.82. The number of carbonyl (C=O) groups is 2. The highest BCUT2D eigenvalue weighted by Crippen LogP contribution is 2.23. The van der Waals surface area contributed by atoms with Crippen LogP contribution in [0.5, 0.6) is 11.5 Å². The van der Waals surface area contributed by atoms with Crippen LogP contribution in [0, 0.1) is 5.92 Å². The van der Waals surface area contributed by atoms with Gasteiger partial charge in [0.1, 0.15) is 11.5 Å². The van der Waals surface area contributed by atoms with Crippen LogP contribution < -0.4 is 15.2 Å². The molecule has 1 aromatic rings. The van der Waals surface area contributed by atoms with Crippen LogP contribution in [0.2, 0.25) is 0 Å². The zero-order valence-electron chi connectivity index (χ0n) is 13.7. The third-order valence-electron chi connectivity index (χ3n) is 4.17. The van der Waals surface area contributed by atoms with Gasteiger partial charge in [0.2, 0.25) is 5.91 Å². The number of hydrogen-bond donors (Lipinski definition) is 1. The number of benzene rings is 1. The van der Waals surface area contributed by atoms with Crippen LogP contribution in [0.4, 0.5) is 0 Å². The molecule has 1 atom stereocenters. The summed E-state index contributed by atoms with van der Waals surface area (Å²) in [6.45, 7) is 3.01. The van der Waals surface area contributed by atoms with Gasteiger partial charge in [-0.15, -0.1) is 0 Å². The number of hydrogen-bond acceptors (Lipinski definition) is 4. The molecule has 0 radical (unpaired) electrons. The first-order valence-electron chi connectivity index (χ1n) is 7.94. The monoisotopic (exact) mass is 320 g/mol. The lowest BCUT2D eigenvalue weighted by Gasteiger charge is -2.33. The van der Waals surface area contributed by atoms with Gasteiger partial charge < -0.3 is 20.1 Å².